The van der Waals surface area contributed by atoms with E-state index < -0.39 is 34.9 Å². The topological polar surface area (TPSA) is 183 Å². The molecule has 124 heavy (non-hydrogen) atoms. The van der Waals surface area contributed by atoms with Crippen LogP contribution in [-0.4, -0.2) is 65.6 Å². The zero-order valence-electron chi connectivity index (χ0n) is 68.7. The molecule has 8 heterocycles. The third kappa shape index (κ3) is 17.1. The van der Waals surface area contributed by atoms with E-state index in [1.54, 1.807) is 55.8 Å². The molecule has 4 N–H and O–H groups in total. The van der Waals surface area contributed by atoms with E-state index in [-0.39, 0.29) is 107 Å². The van der Waals surface area contributed by atoms with Gasteiger partial charge in [-0.2, -0.15) is 0 Å². The van der Waals surface area contributed by atoms with Crippen LogP contribution in [0.2, 0.25) is 15.1 Å². The predicted molar refractivity (Wildman–Crippen MR) is 468 cm³/mol. The van der Waals surface area contributed by atoms with Gasteiger partial charge in [-0.05, 0) is 260 Å². The van der Waals surface area contributed by atoms with Crippen LogP contribution in [0.4, 0.5) is 43.9 Å². The van der Waals surface area contributed by atoms with Gasteiger partial charge in [-0.25, -0.2) is 63.8 Å². The highest BCUT2D eigenvalue weighted by atomic mass is 35.5. The Morgan fingerprint density at radius 3 is 1.15 bits per heavy atom. The van der Waals surface area contributed by atoms with Crippen LogP contribution in [0.25, 0.3) is 87.7 Å². The molecule has 8 aromatic heterocycles. The average Bonchev–Trinajstić information content (AvgIpc) is 1.52. The lowest BCUT2D eigenvalue weighted by Crippen LogP contribution is -2.19. The lowest BCUT2D eigenvalue weighted by molar-refractivity contribution is 0.101. The smallest absolute Gasteiger partial charge is 0.179 e. The minimum atomic E-state index is -1.08. The van der Waals surface area contributed by atoms with E-state index in [1.165, 1.54) is 29.8 Å². The number of benzene rings is 8. The first-order valence-corrected chi connectivity index (χ1v) is 43.7. The molecule has 638 valence electrons. The number of H-pyrrole nitrogens is 4. The third-order valence-electron chi connectivity index (χ3n) is 27.2. The Kier molecular flexibility index (Phi) is 24.8. The van der Waals surface area contributed by atoms with Crippen LogP contribution in [0.1, 0.15) is 241 Å². The summed E-state index contributed by atoms with van der Waals surface area (Å²) in [7, 11) is 0. The number of hydrogen-bond acceptors (Lipinski definition) is 9. The number of carbonyl (C=O) groups excluding carboxylic acids is 1. The van der Waals surface area contributed by atoms with Crippen molar-refractivity contribution >= 4 is 128 Å². The summed E-state index contributed by atoms with van der Waals surface area (Å²) in [5.41, 5.74) is 10.5. The van der Waals surface area contributed by atoms with Crippen molar-refractivity contribution in [2.24, 2.45) is 23.7 Å². The number of ketones is 1. The largest absolute Gasteiger partial charge is 0.342 e. The molecule has 4 atom stereocenters. The van der Waals surface area contributed by atoms with Crippen molar-refractivity contribution in [3.63, 3.8) is 0 Å². The van der Waals surface area contributed by atoms with Gasteiger partial charge in [-0.1, -0.05) is 80.7 Å². The van der Waals surface area contributed by atoms with Gasteiger partial charge >= 0.3 is 0 Å². The highest BCUT2D eigenvalue weighted by molar-refractivity contribution is 6.36. The van der Waals surface area contributed by atoms with Gasteiger partial charge in [0.25, 0.3) is 0 Å². The molecule has 0 spiro atoms. The molecule has 26 heteroatoms. The maximum absolute atomic E-state index is 14.7. The van der Waals surface area contributed by atoms with E-state index >= 15 is 0 Å². The molecule has 0 radical (unpaired) electrons. The fraction of sp³-hybridized carbons (Fsp3) is 0.337. The normalized spacial score (nSPS) is 20.4. The van der Waals surface area contributed by atoms with E-state index in [0.717, 1.165) is 198 Å². The van der Waals surface area contributed by atoms with Crippen molar-refractivity contribution < 1.29 is 48.7 Å². The molecule has 20 rings (SSSR count). The number of imidazole rings is 4. The Morgan fingerprint density at radius 2 is 0.710 bits per heavy atom. The maximum atomic E-state index is 14.7. The molecule has 0 saturated heterocycles. The summed E-state index contributed by atoms with van der Waals surface area (Å²) in [6.45, 7) is 9.96. The molecule has 4 aliphatic carbocycles. The molecule has 16 aromatic rings. The van der Waals surface area contributed by atoms with E-state index in [0.29, 0.717) is 64.1 Å². The summed E-state index contributed by atoms with van der Waals surface area (Å²) in [5, 5.41) is 2.99. The number of Topliss-reactive ketones (excluding diaryl/α,β-unsaturated/α-hetero) is 1. The number of aromatic amines is 4. The van der Waals surface area contributed by atoms with Gasteiger partial charge in [0.2, 0.25) is 0 Å². The molecular weight excluding hydrogens is 1660 g/mol. The summed E-state index contributed by atoms with van der Waals surface area (Å²) in [6.07, 6.45) is 21.9. The van der Waals surface area contributed by atoms with Crippen molar-refractivity contribution in [2.45, 2.75) is 185 Å². The molecule has 0 bridgehead atoms. The Bertz CT molecular complexity index is 6500. The first-order chi connectivity index (χ1) is 59.8. The predicted octanol–water partition coefficient (Wildman–Crippen LogP) is 28.3. The first kappa shape index (κ1) is 85.3. The quantitative estimate of drug-likeness (QED) is 0.0378. The number of hydrogen-bond donors (Lipinski definition) is 4. The molecule has 4 fully saturated rings. The Hall–Kier alpha value is -10.9. The minimum Gasteiger partial charge on any atom is -0.342 e. The average molecular weight is 1750 g/mol. The van der Waals surface area contributed by atoms with E-state index in [9.17, 15) is 48.7 Å². The molecule has 4 saturated carbocycles. The number of nitrogens with one attached hydrogen (secondary N) is 4. The Labute approximate surface area is 723 Å². The molecule has 4 aliphatic rings. The summed E-state index contributed by atoms with van der Waals surface area (Å²) < 4.78 is 141. The number of aromatic nitrogens is 12. The van der Waals surface area contributed by atoms with Crippen molar-refractivity contribution in [2.75, 3.05) is 0 Å². The van der Waals surface area contributed by atoms with Gasteiger partial charge < -0.3 is 19.9 Å². The third-order valence-corrected chi connectivity index (χ3v) is 28.2. The molecule has 13 nitrogen and oxygen atoms in total. The number of nitrogens with zero attached hydrogens (tertiary/aromatic N) is 8. The van der Waals surface area contributed by atoms with Crippen molar-refractivity contribution in [1.29, 1.82) is 0 Å². The standard InChI is InChI=1S/C26H26FN3O.3C24H21ClF3N3/c1-15(26-29-24-9-7-19(16(2)31)13-25(24)30-26)17-3-5-18(6-4-17)21-11-12-28-23-10-8-20(27)14-22(21)23;2*1-12(24-30-22-18(28)11-17(27)21(25)23(22)31-24)13-4-6-14(7-5-13)20-15-3-2-10-29-19(15)9-8-16(20)26;1-12(24-30-19-11-17(27)22(28)21(25)23(19)31-24)13-4-6-14(7-5-13)20-15-3-2-10-29-18(15)9-8-16(20)26/h7-15,17-18H,3-6H2,1-2H3,(H,29,30);3*2-3,8-14H,4-7H2,1H3,(H,30,31)/t15-,17?,18?;2*12-,13?,14?;/m010./s1. The fourth-order valence-electron chi connectivity index (χ4n) is 20.1. The monoisotopic (exact) mass is 1740 g/mol. The minimum absolute atomic E-state index is 0.0194. The van der Waals surface area contributed by atoms with E-state index in [1.807, 2.05) is 74.6 Å². The zero-order chi connectivity index (χ0) is 86.6. The SMILES string of the molecule is CC(=O)c1ccc2nc([C@@H](C)C3CCC(c4ccnc5ccc(F)cc45)CC3)[nH]c2c1.CC(c1nc2c(Cl)c(F)c(F)cc2[nH]1)C1CCC(c2c(F)ccc3ncccc23)CC1.C[C@@H](c1nc2c(F)cc(F)c(Cl)c2[nH]1)C1CCC(c2c(F)ccc3ncccc23)CC1.C[C@H](c1nc2c(F)cc(F)c(Cl)c2[nH]1)C1CCC(c2c(F)ccc3ncccc23)CC1. The fourth-order valence-corrected chi connectivity index (χ4v) is 20.7. The Balaban J connectivity index is 0.000000117. The summed E-state index contributed by atoms with van der Waals surface area (Å²) in [6, 6.07) is 36.2. The van der Waals surface area contributed by atoms with Gasteiger partial charge in [0, 0.05) is 110 Å². The van der Waals surface area contributed by atoms with Gasteiger partial charge in [0.1, 0.15) is 89.8 Å². The highest BCUT2D eigenvalue weighted by Crippen LogP contribution is 2.50. The second-order valence-corrected chi connectivity index (χ2v) is 35.3. The van der Waals surface area contributed by atoms with Gasteiger partial charge in [0.05, 0.1) is 49.7 Å². The van der Waals surface area contributed by atoms with Gasteiger partial charge in [-0.15, -0.1) is 0 Å². The number of fused-ring (bicyclic) bond motifs is 8. The lowest BCUT2D eigenvalue weighted by Gasteiger charge is -2.32. The van der Waals surface area contributed by atoms with Crippen LogP contribution in [0, 0.1) is 81.8 Å². The highest BCUT2D eigenvalue weighted by Gasteiger charge is 2.37. The van der Waals surface area contributed by atoms with E-state index in [4.69, 9.17) is 39.8 Å². The molecule has 8 aromatic carbocycles. The summed E-state index contributed by atoms with van der Waals surface area (Å²) in [5.74, 6) is -0.173. The first-order valence-electron chi connectivity index (χ1n) is 42.5. The number of carbonyl (C=O) groups is 1. The summed E-state index contributed by atoms with van der Waals surface area (Å²) in [4.78, 5) is 59.7. The molecular formula is C98H89Cl3F10N12O. The summed E-state index contributed by atoms with van der Waals surface area (Å²) >= 11 is 17.9. The molecule has 1 unspecified atom stereocenters. The second-order valence-electron chi connectivity index (χ2n) is 34.2. The van der Waals surface area contributed by atoms with Gasteiger partial charge in [-0.3, -0.25) is 24.7 Å². The van der Waals surface area contributed by atoms with Crippen molar-refractivity contribution in [3.8, 4) is 0 Å². The number of rotatable bonds is 13. The van der Waals surface area contributed by atoms with E-state index in [2.05, 4.69) is 74.7 Å². The van der Waals surface area contributed by atoms with Crippen LogP contribution in [0.5, 0.6) is 0 Å². The second kappa shape index (κ2) is 36.0. The van der Waals surface area contributed by atoms with Crippen LogP contribution < -0.4 is 0 Å². The lowest BCUT2D eigenvalue weighted by atomic mass is 9.73. The van der Waals surface area contributed by atoms with Crippen LogP contribution in [0.15, 0.2) is 158 Å². The van der Waals surface area contributed by atoms with Crippen molar-refractivity contribution in [1.82, 2.24) is 59.8 Å². The molecule has 0 amide bonds. The molecule has 0 aliphatic heterocycles. The maximum Gasteiger partial charge on any atom is 0.179 e. The van der Waals surface area contributed by atoms with Crippen LogP contribution >= 0.6 is 34.8 Å². The van der Waals surface area contributed by atoms with Crippen LogP contribution in [0.3, 0.4) is 0 Å². The number of halogens is 13. The zero-order valence-corrected chi connectivity index (χ0v) is 70.9. The van der Waals surface area contributed by atoms with Crippen molar-refractivity contribution in [3.05, 3.63) is 283 Å². The Morgan fingerprint density at radius 1 is 0.339 bits per heavy atom. The van der Waals surface area contributed by atoms with Gasteiger partial charge in [0.15, 0.2) is 29.1 Å². The number of pyridine rings is 4. The van der Waals surface area contributed by atoms with Crippen LogP contribution in [-0.2, 0) is 0 Å².